The number of ether oxygens (including phenoxy) is 2. The molecule has 0 saturated heterocycles. The largest absolute Gasteiger partial charge is 0.444 e. The van der Waals surface area contributed by atoms with E-state index in [2.05, 4.69) is 24.5 Å². The molecule has 0 aromatic rings. The molecule has 0 aliphatic rings. The van der Waals surface area contributed by atoms with Crippen molar-refractivity contribution in [1.82, 2.24) is 10.6 Å². The molecule has 0 bridgehead atoms. The highest BCUT2D eigenvalue weighted by Crippen LogP contribution is 2.11. The van der Waals surface area contributed by atoms with Crippen LogP contribution in [0.15, 0.2) is 0 Å². The van der Waals surface area contributed by atoms with Gasteiger partial charge in [-0.05, 0) is 54.5 Å². The lowest BCUT2D eigenvalue weighted by molar-refractivity contribution is 0.0157. The van der Waals surface area contributed by atoms with Crippen molar-refractivity contribution in [3.05, 3.63) is 0 Å². The minimum absolute atomic E-state index is 0.0282. The summed E-state index contributed by atoms with van der Waals surface area (Å²) < 4.78 is 10.5. The molecular weight excluding hydrogens is 244 g/mol. The summed E-state index contributed by atoms with van der Waals surface area (Å²) in [5, 5.41) is 6.09. The average Bonchev–Trinajstić information content (AvgIpc) is 2.21. The number of alkyl carbamates (subject to hydrolysis) is 1. The van der Waals surface area contributed by atoms with Gasteiger partial charge >= 0.3 is 6.09 Å². The van der Waals surface area contributed by atoms with E-state index in [4.69, 9.17) is 9.47 Å². The normalized spacial score (nSPS) is 14.1. The van der Waals surface area contributed by atoms with Gasteiger partial charge in [0.2, 0.25) is 0 Å². The molecule has 19 heavy (non-hydrogen) atoms. The molecule has 0 aromatic carbocycles. The van der Waals surface area contributed by atoms with E-state index >= 15 is 0 Å². The second kappa shape index (κ2) is 7.70. The Morgan fingerprint density at radius 1 is 1.21 bits per heavy atom. The van der Waals surface area contributed by atoms with Gasteiger partial charge in [0.15, 0.2) is 0 Å². The van der Waals surface area contributed by atoms with Crippen molar-refractivity contribution in [3.63, 3.8) is 0 Å². The van der Waals surface area contributed by atoms with E-state index in [0.29, 0.717) is 6.54 Å². The summed E-state index contributed by atoms with van der Waals surface area (Å²) in [6.45, 7) is 13.2. The van der Waals surface area contributed by atoms with Crippen LogP contribution in [0.25, 0.3) is 0 Å². The molecule has 5 nitrogen and oxygen atoms in total. The van der Waals surface area contributed by atoms with Gasteiger partial charge < -0.3 is 20.1 Å². The second-order valence-corrected chi connectivity index (χ2v) is 6.47. The molecule has 0 saturated carbocycles. The highest BCUT2D eigenvalue weighted by molar-refractivity contribution is 5.68. The Hall–Kier alpha value is -0.810. The predicted molar refractivity (Wildman–Crippen MR) is 77.4 cm³/mol. The fraction of sp³-hybridized carbons (Fsp3) is 0.929. The number of methoxy groups -OCH3 is 1. The van der Waals surface area contributed by atoms with Crippen molar-refractivity contribution in [3.8, 4) is 0 Å². The molecule has 0 aliphatic carbocycles. The molecule has 0 aromatic heterocycles. The number of nitrogens with one attached hydrogen (secondary N) is 2. The summed E-state index contributed by atoms with van der Waals surface area (Å²) in [5.74, 6) is 0. The summed E-state index contributed by atoms with van der Waals surface area (Å²) in [6.07, 6.45) is 0.543. The summed E-state index contributed by atoms with van der Waals surface area (Å²) in [7, 11) is 1.71. The van der Waals surface area contributed by atoms with Crippen LogP contribution in [0.2, 0.25) is 0 Å². The number of carbonyl (C=O) groups is 1. The lowest BCUT2D eigenvalue weighted by atomic mass is 10.1. The second-order valence-electron chi connectivity index (χ2n) is 6.47. The van der Waals surface area contributed by atoms with E-state index in [1.807, 2.05) is 27.7 Å². The molecule has 114 valence electrons. The maximum atomic E-state index is 11.5. The number of rotatable bonds is 7. The Kier molecular flexibility index (Phi) is 7.37. The van der Waals surface area contributed by atoms with Gasteiger partial charge in [-0.1, -0.05) is 0 Å². The Balaban J connectivity index is 3.76. The zero-order valence-corrected chi connectivity index (χ0v) is 13.4. The van der Waals surface area contributed by atoms with Crippen LogP contribution in [0.1, 0.15) is 48.0 Å². The molecule has 0 fully saturated rings. The van der Waals surface area contributed by atoms with Crippen molar-refractivity contribution in [2.75, 3.05) is 20.2 Å². The van der Waals surface area contributed by atoms with Gasteiger partial charge in [-0.3, -0.25) is 0 Å². The van der Waals surface area contributed by atoms with Gasteiger partial charge in [0.1, 0.15) is 5.60 Å². The van der Waals surface area contributed by atoms with Crippen LogP contribution < -0.4 is 10.6 Å². The average molecular weight is 274 g/mol. The van der Waals surface area contributed by atoms with Gasteiger partial charge in [-0.2, -0.15) is 0 Å². The summed E-state index contributed by atoms with van der Waals surface area (Å²) >= 11 is 0. The van der Waals surface area contributed by atoms with Gasteiger partial charge in [0.25, 0.3) is 0 Å². The first-order valence-corrected chi connectivity index (χ1v) is 6.81. The monoisotopic (exact) mass is 274 g/mol. The fourth-order valence-corrected chi connectivity index (χ4v) is 1.37. The van der Waals surface area contributed by atoms with Gasteiger partial charge in [-0.15, -0.1) is 0 Å². The zero-order valence-electron chi connectivity index (χ0n) is 13.4. The van der Waals surface area contributed by atoms with E-state index in [0.717, 1.165) is 13.0 Å². The summed E-state index contributed by atoms with van der Waals surface area (Å²) in [5.41, 5.74) is -0.575. The third-order valence-corrected chi connectivity index (χ3v) is 2.67. The fourth-order valence-electron chi connectivity index (χ4n) is 1.37. The Labute approximate surface area is 117 Å². The minimum Gasteiger partial charge on any atom is -0.444 e. The van der Waals surface area contributed by atoms with Crippen molar-refractivity contribution in [2.24, 2.45) is 0 Å². The molecular formula is C14H30N2O3. The molecule has 1 amide bonds. The summed E-state index contributed by atoms with van der Waals surface area (Å²) in [6, 6.07) is 0.0282. The topological polar surface area (TPSA) is 59.6 Å². The smallest absolute Gasteiger partial charge is 0.407 e. The first-order valence-electron chi connectivity index (χ1n) is 6.81. The van der Waals surface area contributed by atoms with E-state index < -0.39 is 5.60 Å². The highest BCUT2D eigenvalue weighted by Gasteiger charge is 2.18. The van der Waals surface area contributed by atoms with Gasteiger partial charge in [-0.25, -0.2) is 4.79 Å². The maximum absolute atomic E-state index is 11.5. The van der Waals surface area contributed by atoms with E-state index in [-0.39, 0.29) is 17.7 Å². The number of hydrogen-bond acceptors (Lipinski definition) is 4. The lowest BCUT2D eigenvalue weighted by Crippen LogP contribution is -2.43. The molecule has 1 atom stereocenters. The van der Waals surface area contributed by atoms with Crippen molar-refractivity contribution in [2.45, 2.75) is 65.2 Å². The van der Waals surface area contributed by atoms with Gasteiger partial charge in [0, 0.05) is 19.7 Å². The quantitative estimate of drug-likeness (QED) is 0.699. The number of amides is 1. The number of hydrogen-bond donors (Lipinski definition) is 2. The van der Waals surface area contributed by atoms with Crippen LogP contribution >= 0.6 is 0 Å². The molecule has 2 N–H and O–H groups in total. The molecule has 0 radical (unpaired) electrons. The Bertz CT molecular complexity index is 272. The third kappa shape index (κ3) is 10.8. The minimum atomic E-state index is -0.459. The van der Waals surface area contributed by atoms with Crippen molar-refractivity contribution >= 4 is 6.09 Å². The van der Waals surface area contributed by atoms with Crippen LogP contribution in [0, 0.1) is 0 Å². The van der Waals surface area contributed by atoms with Crippen molar-refractivity contribution < 1.29 is 14.3 Å². The van der Waals surface area contributed by atoms with Crippen LogP contribution in [0.4, 0.5) is 4.79 Å². The van der Waals surface area contributed by atoms with E-state index in [1.54, 1.807) is 7.11 Å². The predicted octanol–water partition coefficient (Wildman–Crippen LogP) is 2.30. The Morgan fingerprint density at radius 3 is 2.26 bits per heavy atom. The Morgan fingerprint density at radius 2 is 1.79 bits per heavy atom. The molecule has 5 heteroatoms. The van der Waals surface area contributed by atoms with Gasteiger partial charge in [0.05, 0.1) is 5.60 Å². The molecule has 0 aliphatic heterocycles. The molecule has 0 heterocycles. The van der Waals surface area contributed by atoms with Crippen molar-refractivity contribution in [1.29, 1.82) is 0 Å². The molecule has 0 spiro atoms. The summed E-state index contributed by atoms with van der Waals surface area (Å²) in [4.78, 5) is 11.5. The molecule has 0 rings (SSSR count). The number of carbonyl (C=O) groups excluding carboxylic acids is 1. The first kappa shape index (κ1) is 18.2. The van der Waals surface area contributed by atoms with Crippen LogP contribution in [-0.4, -0.2) is 43.5 Å². The standard InChI is InChI=1S/C14H30N2O3/c1-11(16-12(17)19-13(2,3)4)10-15-9-8-14(5,6)18-7/h11,15H,8-10H2,1-7H3,(H,16,17). The van der Waals surface area contributed by atoms with E-state index in [9.17, 15) is 4.79 Å². The van der Waals surface area contributed by atoms with Crippen LogP contribution in [-0.2, 0) is 9.47 Å². The molecule has 1 unspecified atom stereocenters. The van der Waals surface area contributed by atoms with E-state index in [1.165, 1.54) is 0 Å². The van der Waals surface area contributed by atoms with Crippen LogP contribution in [0.3, 0.4) is 0 Å². The zero-order chi connectivity index (χ0) is 15.1. The first-order chi connectivity index (χ1) is 8.56. The maximum Gasteiger partial charge on any atom is 0.407 e. The van der Waals surface area contributed by atoms with Crippen LogP contribution in [0.5, 0.6) is 0 Å². The third-order valence-electron chi connectivity index (χ3n) is 2.67. The SMILES string of the molecule is COC(C)(C)CCNCC(C)NC(=O)OC(C)(C)C. The lowest BCUT2D eigenvalue weighted by Gasteiger charge is -2.24. The highest BCUT2D eigenvalue weighted by atomic mass is 16.6.